The van der Waals surface area contributed by atoms with E-state index in [0.29, 0.717) is 5.75 Å². The molecule has 144 valence electrons. The Kier molecular flexibility index (Phi) is 5.57. The van der Waals surface area contributed by atoms with Crippen LogP contribution in [0.2, 0.25) is 0 Å². The molecule has 4 aromatic carbocycles. The lowest BCUT2D eigenvalue weighted by Gasteiger charge is -2.22. The van der Waals surface area contributed by atoms with Gasteiger partial charge in [0.2, 0.25) is 0 Å². The highest BCUT2D eigenvalue weighted by Crippen LogP contribution is 2.26. The highest BCUT2D eigenvalue weighted by molar-refractivity contribution is 5.88. The Morgan fingerprint density at radius 3 is 2.34 bits per heavy atom. The van der Waals surface area contributed by atoms with Crippen LogP contribution in [-0.2, 0) is 4.79 Å². The van der Waals surface area contributed by atoms with E-state index in [0.717, 1.165) is 27.5 Å². The number of nitrogens with one attached hydrogen (secondary N) is 1. The van der Waals surface area contributed by atoms with Crippen LogP contribution in [0.4, 0.5) is 0 Å². The Morgan fingerprint density at radius 1 is 0.828 bits per heavy atom. The second-order valence-corrected chi connectivity index (χ2v) is 7.03. The van der Waals surface area contributed by atoms with E-state index >= 15 is 0 Å². The summed E-state index contributed by atoms with van der Waals surface area (Å²) in [6.07, 6.45) is 0. The average molecular weight is 381 g/mol. The van der Waals surface area contributed by atoms with Crippen LogP contribution in [0.1, 0.15) is 22.7 Å². The lowest BCUT2D eigenvalue weighted by atomic mass is 9.95. The molecule has 0 aromatic heterocycles. The molecule has 0 aliphatic carbocycles. The van der Waals surface area contributed by atoms with Crippen LogP contribution in [0.3, 0.4) is 0 Å². The van der Waals surface area contributed by atoms with Crippen molar-refractivity contribution >= 4 is 16.7 Å². The highest BCUT2D eigenvalue weighted by Gasteiger charge is 2.18. The molecule has 0 heterocycles. The van der Waals surface area contributed by atoms with Crippen molar-refractivity contribution in [2.45, 2.75) is 13.0 Å². The van der Waals surface area contributed by atoms with Crippen molar-refractivity contribution < 1.29 is 9.53 Å². The van der Waals surface area contributed by atoms with Crippen molar-refractivity contribution in [3.05, 3.63) is 114 Å². The Bertz CT molecular complexity index is 1120. The predicted octanol–water partition coefficient (Wildman–Crippen LogP) is 5.43. The molecule has 0 aliphatic rings. The fourth-order valence-corrected chi connectivity index (χ4v) is 3.56. The maximum absolute atomic E-state index is 12.8. The van der Waals surface area contributed by atoms with Gasteiger partial charge in [0.25, 0.3) is 5.91 Å². The first kappa shape index (κ1) is 18.8. The van der Waals surface area contributed by atoms with E-state index in [9.17, 15) is 4.79 Å². The predicted molar refractivity (Wildman–Crippen MR) is 117 cm³/mol. The molecular weight excluding hydrogens is 358 g/mol. The molecule has 3 heteroatoms. The summed E-state index contributed by atoms with van der Waals surface area (Å²) >= 11 is 0. The molecule has 29 heavy (non-hydrogen) atoms. The van der Waals surface area contributed by atoms with Crippen molar-refractivity contribution in [3.8, 4) is 5.75 Å². The Labute approximate surface area is 171 Å². The molecule has 4 aromatic rings. The van der Waals surface area contributed by atoms with E-state index in [-0.39, 0.29) is 18.6 Å². The summed E-state index contributed by atoms with van der Waals surface area (Å²) in [5.74, 6) is 0.556. The van der Waals surface area contributed by atoms with Crippen LogP contribution in [0.25, 0.3) is 10.8 Å². The summed E-state index contributed by atoms with van der Waals surface area (Å²) in [6.45, 7) is 2.02. The van der Waals surface area contributed by atoms with Crippen molar-refractivity contribution in [2.75, 3.05) is 6.61 Å². The van der Waals surface area contributed by atoms with Gasteiger partial charge in [-0.25, -0.2) is 0 Å². The summed E-state index contributed by atoms with van der Waals surface area (Å²) in [7, 11) is 0. The van der Waals surface area contributed by atoms with Crippen LogP contribution in [0.15, 0.2) is 97.1 Å². The van der Waals surface area contributed by atoms with Gasteiger partial charge in [-0.15, -0.1) is 0 Å². The number of aryl methyl sites for hydroxylation is 1. The number of hydrogen-bond donors (Lipinski definition) is 1. The maximum atomic E-state index is 12.8. The molecule has 1 N–H and O–H groups in total. The minimum absolute atomic E-state index is 0.0385. The van der Waals surface area contributed by atoms with Crippen molar-refractivity contribution in [2.24, 2.45) is 0 Å². The molecule has 3 nitrogen and oxygen atoms in total. The van der Waals surface area contributed by atoms with E-state index < -0.39 is 0 Å². The van der Waals surface area contributed by atoms with Crippen molar-refractivity contribution in [3.63, 3.8) is 0 Å². The molecule has 0 saturated heterocycles. The third-order valence-corrected chi connectivity index (χ3v) is 5.05. The van der Waals surface area contributed by atoms with Crippen molar-refractivity contribution in [1.82, 2.24) is 5.32 Å². The number of ether oxygens (including phenoxy) is 1. The van der Waals surface area contributed by atoms with Gasteiger partial charge in [-0.05, 0) is 35.1 Å². The van der Waals surface area contributed by atoms with Gasteiger partial charge in [0.15, 0.2) is 6.61 Å². The van der Waals surface area contributed by atoms with Crippen molar-refractivity contribution in [1.29, 1.82) is 0 Å². The van der Waals surface area contributed by atoms with Gasteiger partial charge in [0.1, 0.15) is 5.75 Å². The van der Waals surface area contributed by atoms with Gasteiger partial charge in [0, 0.05) is 5.39 Å². The molecule has 0 bridgehead atoms. The van der Waals surface area contributed by atoms with Crippen LogP contribution in [-0.4, -0.2) is 12.5 Å². The number of benzene rings is 4. The molecule has 4 rings (SSSR count). The largest absolute Gasteiger partial charge is 0.483 e. The summed E-state index contributed by atoms with van der Waals surface area (Å²) in [4.78, 5) is 12.8. The molecule has 0 fully saturated rings. The van der Waals surface area contributed by atoms with Crippen LogP contribution >= 0.6 is 0 Å². The van der Waals surface area contributed by atoms with E-state index in [4.69, 9.17) is 4.74 Å². The smallest absolute Gasteiger partial charge is 0.258 e. The van der Waals surface area contributed by atoms with Gasteiger partial charge in [-0.2, -0.15) is 0 Å². The summed E-state index contributed by atoms with van der Waals surface area (Å²) in [6, 6.07) is 31.8. The zero-order valence-corrected chi connectivity index (χ0v) is 16.3. The van der Waals surface area contributed by atoms with Gasteiger partial charge in [0.05, 0.1) is 6.04 Å². The quantitative estimate of drug-likeness (QED) is 0.483. The number of hydrogen-bond acceptors (Lipinski definition) is 2. The monoisotopic (exact) mass is 381 g/mol. The van der Waals surface area contributed by atoms with E-state index in [2.05, 4.69) is 24.4 Å². The fraction of sp³-hybridized carbons (Fsp3) is 0.115. The van der Waals surface area contributed by atoms with Gasteiger partial charge >= 0.3 is 0 Å². The molecule has 0 aliphatic heterocycles. The second kappa shape index (κ2) is 8.61. The number of carbonyl (C=O) groups is 1. The second-order valence-electron chi connectivity index (χ2n) is 7.03. The fourth-order valence-electron chi connectivity index (χ4n) is 3.56. The number of fused-ring (bicyclic) bond motifs is 1. The van der Waals surface area contributed by atoms with Crippen LogP contribution < -0.4 is 10.1 Å². The van der Waals surface area contributed by atoms with E-state index in [1.807, 2.05) is 84.9 Å². The SMILES string of the molecule is Cc1ccccc1[C@@H](NC(=O)COc1cccc2ccccc12)c1ccccc1. The van der Waals surface area contributed by atoms with Gasteiger partial charge < -0.3 is 10.1 Å². The first-order valence-electron chi connectivity index (χ1n) is 9.73. The highest BCUT2D eigenvalue weighted by atomic mass is 16.5. The standard InChI is InChI=1S/C26H23NO2/c1-19-10-5-7-15-22(19)26(21-12-3-2-4-13-21)27-25(28)18-29-24-17-9-14-20-11-6-8-16-23(20)24/h2-17,26H,18H2,1H3,(H,27,28)/t26-/m0/s1. The molecule has 0 radical (unpaired) electrons. The van der Waals surface area contributed by atoms with E-state index in [1.165, 1.54) is 0 Å². The summed E-state index contributed by atoms with van der Waals surface area (Å²) in [5.41, 5.74) is 3.26. The normalized spacial score (nSPS) is 11.8. The Hall–Kier alpha value is -3.59. The molecule has 1 amide bonds. The van der Waals surface area contributed by atoms with Gasteiger partial charge in [-0.3, -0.25) is 4.79 Å². The first-order chi connectivity index (χ1) is 14.2. The molecule has 0 saturated carbocycles. The molecule has 0 spiro atoms. The third kappa shape index (κ3) is 4.30. The summed E-state index contributed by atoms with van der Waals surface area (Å²) in [5, 5.41) is 5.24. The summed E-state index contributed by atoms with van der Waals surface area (Å²) < 4.78 is 5.87. The minimum Gasteiger partial charge on any atom is -0.483 e. The zero-order chi connectivity index (χ0) is 20.1. The van der Waals surface area contributed by atoms with Crippen LogP contribution in [0.5, 0.6) is 5.75 Å². The Balaban J connectivity index is 1.53. The number of amides is 1. The zero-order valence-electron chi connectivity index (χ0n) is 16.3. The minimum atomic E-state index is -0.221. The number of rotatable bonds is 6. The molecule has 1 atom stereocenters. The number of carbonyl (C=O) groups excluding carboxylic acids is 1. The lowest BCUT2D eigenvalue weighted by Crippen LogP contribution is -2.33. The van der Waals surface area contributed by atoms with Crippen LogP contribution in [0, 0.1) is 6.92 Å². The van der Waals surface area contributed by atoms with E-state index in [1.54, 1.807) is 0 Å². The first-order valence-corrected chi connectivity index (χ1v) is 9.73. The van der Waals surface area contributed by atoms with Gasteiger partial charge in [-0.1, -0.05) is 91.0 Å². The third-order valence-electron chi connectivity index (χ3n) is 5.05. The average Bonchev–Trinajstić information content (AvgIpc) is 2.77. The topological polar surface area (TPSA) is 38.3 Å². The molecule has 0 unspecified atom stereocenters. The lowest BCUT2D eigenvalue weighted by molar-refractivity contribution is -0.123. The maximum Gasteiger partial charge on any atom is 0.258 e. The Morgan fingerprint density at radius 2 is 1.52 bits per heavy atom. The molecular formula is C26H23NO2.